The number of likely N-dealkylation sites (N-methyl/N-ethyl adjacent to an activating group) is 1. The van der Waals surface area contributed by atoms with Crippen LogP contribution >= 0.6 is 34.7 Å². The number of methoxy groups -OCH3 is 1. The first-order chi connectivity index (χ1) is 26.6. The van der Waals surface area contributed by atoms with Crippen molar-refractivity contribution in [1.29, 1.82) is 0 Å². The van der Waals surface area contributed by atoms with Gasteiger partial charge in [-0.25, -0.2) is 4.99 Å². The number of nitro groups is 1. The quantitative estimate of drug-likeness (QED) is 0.0988. The molecule has 0 bridgehead atoms. The van der Waals surface area contributed by atoms with Gasteiger partial charge < -0.3 is 14.2 Å². The molecule has 0 spiro atoms. The Kier molecular flexibility index (Phi) is 10.7. The zero-order chi connectivity index (χ0) is 39.0. The first-order valence-electron chi connectivity index (χ1n) is 17.6. The van der Waals surface area contributed by atoms with E-state index in [0.29, 0.717) is 73.5 Å². The van der Waals surface area contributed by atoms with Gasteiger partial charge in [0.15, 0.2) is 15.8 Å². The molecule has 12 nitrogen and oxygen atoms in total. The number of halogens is 1. The van der Waals surface area contributed by atoms with Crippen molar-refractivity contribution >= 4 is 63.1 Å². The highest BCUT2D eigenvalue weighted by molar-refractivity contribution is 7.99. The van der Waals surface area contributed by atoms with Gasteiger partial charge in [-0.1, -0.05) is 65.4 Å². The molecule has 0 saturated carbocycles. The lowest BCUT2D eigenvalue weighted by Gasteiger charge is -2.30. The number of ether oxygens (including phenoxy) is 1. The number of aromatic nitrogens is 4. The predicted molar refractivity (Wildman–Crippen MR) is 216 cm³/mol. The number of nitro benzene ring substituents is 1. The Labute approximate surface area is 329 Å². The Balaban J connectivity index is 1.43. The largest absolute Gasteiger partial charge is 0.496 e. The van der Waals surface area contributed by atoms with Crippen LogP contribution in [-0.4, -0.2) is 55.3 Å². The first-order valence-corrected chi connectivity index (χ1v) is 19.6. The highest BCUT2D eigenvalue weighted by Gasteiger charge is 2.37. The molecule has 0 N–H and O–H groups in total. The van der Waals surface area contributed by atoms with Crippen molar-refractivity contribution in [3.8, 4) is 17.1 Å². The molecule has 0 saturated heterocycles. The minimum Gasteiger partial charge on any atom is -0.496 e. The van der Waals surface area contributed by atoms with E-state index in [0.717, 1.165) is 27.7 Å². The Hall–Kier alpha value is -5.57. The molecule has 6 aromatic rings. The fourth-order valence-electron chi connectivity index (χ4n) is 6.87. The standard InChI is InChI=1S/C40H36ClN7O5S2/c1-6-45(7-2)38(50)33-23(4)42-39-47(35(33)34-29-15-10-9-12-24(29)16-18-30(34)53-5)37(49)32(55-39)22-26-21-28(48(51)52)17-19-31(26)54-40-44-43-36(46(40)8-3)25-13-11-14-27(41)20-25/h9-22,35H,6-8H2,1-5H3/b32-22-/t35-/m0/s1. The zero-order valence-corrected chi connectivity index (χ0v) is 33.0. The number of carbonyl (C=O) groups excluding carboxylic acids is 1. The second-order valence-electron chi connectivity index (χ2n) is 12.6. The molecule has 55 heavy (non-hydrogen) atoms. The maximum Gasteiger partial charge on any atom is 0.271 e. The van der Waals surface area contributed by atoms with Crippen LogP contribution in [0.25, 0.3) is 28.2 Å². The van der Waals surface area contributed by atoms with E-state index in [1.165, 1.54) is 23.9 Å². The van der Waals surface area contributed by atoms with E-state index in [1.807, 2.05) is 79.9 Å². The molecule has 7 rings (SSSR count). The molecular weight excluding hydrogens is 758 g/mol. The normalized spacial score (nSPS) is 14.2. The summed E-state index contributed by atoms with van der Waals surface area (Å²) in [5.74, 6) is 0.918. The SMILES string of the molecule is CCN(CC)C(=O)C1=C(C)N=c2s/c(=C\c3cc([N+](=O)[O-])ccc3Sc3nnc(-c4cccc(Cl)c4)n3CC)c(=O)n2[C@@H]1c1c(OC)ccc2ccccc12. The lowest BCUT2D eigenvalue weighted by Crippen LogP contribution is -2.43. The number of rotatable bonds is 11. The summed E-state index contributed by atoms with van der Waals surface area (Å²) in [6.45, 7) is 9.07. The van der Waals surface area contributed by atoms with Gasteiger partial charge in [0.2, 0.25) is 0 Å². The molecule has 280 valence electrons. The van der Waals surface area contributed by atoms with Crippen LogP contribution in [0.5, 0.6) is 5.75 Å². The highest BCUT2D eigenvalue weighted by Crippen LogP contribution is 2.41. The molecule has 3 heterocycles. The second kappa shape index (κ2) is 15.7. The number of non-ortho nitro benzene ring substituents is 1. The van der Waals surface area contributed by atoms with Crippen molar-refractivity contribution in [2.24, 2.45) is 4.99 Å². The van der Waals surface area contributed by atoms with Gasteiger partial charge in [-0.05, 0) is 86.1 Å². The van der Waals surface area contributed by atoms with E-state index in [4.69, 9.17) is 21.3 Å². The molecule has 0 unspecified atom stereocenters. The maximum absolute atomic E-state index is 14.8. The van der Waals surface area contributed by atoms with Crippen molar-refractivity contribution in [1.82, 2.24) is 24.2 Å². The summed E-state index contributed by atoms with van der Waals surface area (Å²) in [4.78, 5) is 48.3. The van der Waals surface area contributed by atoms with Gasteiger partial charge in [-0.15, -0.1) is 10.2 Å². The Morgan fingerprint density at radius 2 is 1.84 bits per heavy atom. The van der Waals surface area contributed by atoms with Crippen LogP contribution in [-0.2, 0) is 11.3 Å². The number of nitrogens with zero attached hydrogens (tertiary/aromatic N) is 7. The van der Waals surface area contributed by atoms with Gasteiger partial charge in [-0.3, -0.25) is 24.3 Å². The molecule has 0 fully saturated rings. The molecule has 2 aromatic heterocycles. The Morgan fingerprint density at radius 1 is 1.05 bits per heavy atom. The van der Waals surface area contributed by atoms with Crippen LogP contribution in [0, 0.1) is 10.1 Å². The number of hydrogen-bond acceptors (Lipinski definition) is 10. The molecule has 0 aliphatic carbocycles. The monoisotopic (exact) mass is 793 g/mol. The molecule has 4 aromatic carbocycles. The van der Waals surface area contributed by atoms with Gasteiger partial charge in [0.25, 0.3) is 17.2 Å². The summed E-state index contributed by atoms with van der Waals surface area (Å²) >= 11 is 8.71. The van der Waals surface area contributed by atoms with Crippen LogP contribution in [0.3, 0.4) is 0 Å². The number of amides is 1. The summed E-state index contributed by atoms with van der Waals surface area (Å²) in [5.41, 5.74) is 2.23. The van der Waals surface area contributed by atoms with Gasteiger partial charge >= 0.3 is 0 Å². The van der Waals surface area contributed by atoms with Crippen LogP contribution in [0.1, 0.15) is 44.9 Å². The highest BCUT2D eigenvalue weighted by atomic mass is 35.5. The van der Waals surface area contributed by atoms with Gasteiger partial charge in [0.1, 0.15) is 11.8 Å². The van der Waals surface area contributed by atoms with Crippen molar-refractivity contribution in [3.63, 3.8) is 0 Å². The van der Waals surface area contributed by atoms with E-state index < -0.39 is 16.5 Å². The smallest absolute Gasteiger partial charge is 0.271 e. The summed E-state index contributed by atoms with van der Waals surface area (Å²) < 4.78 is 9.69. The fourth-order valence-corrected chi connectivity index (χ4v) is 9.07. The van der Waals surface area contributed by atoms with Crippen LogP contribution < -0.4 is 19.6 Å². The van der Waals surface area contributed by atoms with Gasteiger partial charge in [-0.2, -0.15) is 0 Å². The maximum atomic E-state index is 14.8. The molecule has 0 radical (unpaired) electrons. The van der Waals surface area contributed by atoms with Crippen molar-refractivity contribution in [2.45, 2.75) is 50.3 Å². The molecule has 1 atom stereocenters. The second-order valence-corrected chi connectivity index (χ2v) is 15.1. The van der Waals surface area contributed by atoms with Crippen molar-refractivity contribution in [2.75, 3.05) is 20.2 Å². The Morgan fingerprint density at radius 3 is 2.55 bits per heavy atom. The fraction of sp³-hybridized carbons (Fsp3) is 0.225. The third kappa shape index (κ3) is 6.97. The molecule has 1 amide bonds. The number of allylic oxidation sites excluding steroid dienone is 1. The summed E-state index contributed by atoms with van der Waals surface area (Å²) in [6.07, 6.45) is 1.65. The average Bonchev–Trinajstić information content (AvgIpc) is 3.73. The molecule has 15 heteroatoms. The summed E-state index contributed by atoms with van der Waals surface area (Å²) in [7, 11) is 1.57. The summed E-state index contributed by atoms with van der Waals surface area (Å²) in [6, 6.07) is 22.5. The number of benzene rings is 4. The van der Waals surface area contributed by atoms with Crippen LogP contribution in [0.2, 0.25) is 5.02 Å². The van der Waals surface area contributed by atoms with E-state index in [1.54, 1.807) is 41.7 Å². The minimum absolute atomic E-state index is 0.138. The predicted octanol–water partition coefficient (Wildman–Crippen LogP) is 7.26. The van der Waals surface area contributed by atoms with Crippen molar-refractivity contribution in [3.05, 3.63) is 136 Å². The topological polar surface area (TPSA) is 138 Å². The van der Waals surface area contributed by atoms with E-state index in [2.05, 4.69) is 10.2 Å². The molecular formula is C40H36ClN7O5S2. The van der Waals surface area contributed by atoms with E-state index in [-0.39, 0.29) is 16.1 Å². The third-order valence-electron chi connectivity index (χ3n) is 9.53. The first kappa shape index (κ1) is 37.7. The number of carbonyl (C=O) groups is 1. The van der Waals surface area contributed by atoms with Gasteiger partial charge in [0.05, 0.1) is 27.8 Å². The molecule has 1 aliphatic rings. The summed E-state index contributed by atoms with van der Waals surface area (Å²) in [5, 5.41) is 23.8. The van der Waals surface area contributed by atoms with E-state index >= 15 is 0 Å². The lowest BCUT2D eigenvalue weighted by atomic mass is 9.90. The van der Waals surface area contributed by atoms with Crippen LogP contribution in [0.4, 0.5) is 5.69 Å². The Bertz CT molecular complexity index is 2720. The average molecular weight is 794 g/mol. The number of fused-ring (bicyclic) bond motifs is 2. The number of hydrogen-bond donors (Lipinski definition) is 0. The van der Waals surface area contributed by atoms with E-state index in [9.17, 15) is 19.7 Å². The lowest BCUT2D eigenvalue weighted by molar-refractivity contribution is -0.384. The minimum atomic E-state index is -0.875. The number of thiazole rings is 1. The third-order valence-corrected chi connectivity index (χ3v) is 11.8. The molecule has 1 aliphatic heterocycles. The van der Waals surface area contributed by atoms with Crippen molar-refractivity contribution < 1.29 is 14.5 Å². The van der Waals surface area contributed by atoms with Gasteiger partial charge in [0, 0.05) is 52.8 Å². The zero-order valence-electron chi connectivity index (χ0n) is 30.6. The van der Waals surface area contributed by atoms with Crippen LogP contribution in [0.15, 0.2) is 110 Å².